The van der Waals surface area contributed by atoms with Crippen LogP contribution in [0, 0.1) is 15.9 Å². The molecule has 1 aromatic carbocycles. The maximum absolute atomic E-state index is 5.38. The Morgan fingerprint density at radius 3 is 2.54 bits per heavy atom. The van der Waals surface area contributed by atoms with Gasteiger partial charge < -0.3 is 0 Å². The van der Waals surface area contributed by atoms with Crippen LogP contribution in [0.2, 0.25) is 0 Å². The summed E-state index contributed by atoms with van der Waals surface area (Å²) in [4.78, 5) is 0. The number of nitrogens with two attached hydrogens (primary N) is 1. The van der Waals surface area contributed by atoms with Crippen LogP contribution in [0.5, 0.6) is 0 Å². The SMILES string of the molecule is C#CCC(NN)c1ccc(I)cc1. The third-order valence-electron chi connectivity index (χ3n) is 1.80. The molecule has 1 rings (SSSR count). The van der Waals surface area contributed by atoms with E-state index in [2.05, 4.69) is 33.9 Å². The Labute approximate surface area is 92.0 Å². The zero-order valence-corrected chi connectivity index (χ0v) is 9.28. The topological polar surface area (TPSA) is 38.0 Å². The van der Waals surface area contributed by atoms with E-state index in [-0.39, 0.29) is 6.04 Å². The Morgan fingerprint density at radius 2 is 2.08 bits per heavy atom. The number of hydrazine groups is 1. The molecule has 1 unspecified atom stereocenters. The summed E-state index contributed by atoms with van der Waals surface area (Å²) in [6, 6.07) is 8.20. The van der Waals surface area contributed by atoms with Crippen molar-refractivity contribution in [3.8, 4) is 12.3 Å². The average molecular weight is 286 g/mol. The highest BCUT2D eigenvalue weighted by Crippen LogP contribution is 2.16. The van der Waals surface area contributed by atoms with Gasteiger partial charge in [-0.15, -0.1) is 12.3 Å². The molecule has 13 heavy (non-hydrogen) atoms. The molecular formula is C10H11IN2. The fraction of sp³-hybridized carbons (Fsp3) is 0.200. The van der Waals surface area contributed by atoms with Crippen molar-refractivity contribution in [2.45, 2.75) is 12.5 Å². The molecule has 0 aliphatic carbocycles. The molecule has 0 spiro atoms. The van der Waals surface area contributed by atoms with Crippen LogP contribution in [0.4, 0.5) is 0 Å². The van der Waals surface area contributed by atoms with E-state index in [1.807, 2.05) is 24.3 Å². The average Bonchev–Trinajstić information content (AvgIpc) is 2.16. The summed E-state index contributed by atoms with van der Waals surface area (Å²) in [5.41, 5.74) is 3.82. The lowest BCUT2D eigenvalue weighted by Crippen LogP contribution is -2.27. The van der Waals surface area contributed by atoms with Crippen molar-refractivity contribution < 1.29 is 0 Å². The van der Waals surface area contributed by atoms with Gasteiger partial charge in [0, 0.05) is 9.99 Å². The highest BCUT2D eigenvalue weighted by Gasteiger charge is 2.06. The van der Waals surface area contributed by atoms with Crippen LogP contribution < -0.4 is 11.3 Å². The summed E-state index contributed by atoms with van der Waals surface area (Å²) in [6.45, 7) is 0. The van der Waals surface area contributed by atoms with Gasteiger partial charge in [-0.05, 0) is 40.3 Å². The number of terminal acetylenes is 1. The molecule has 0 fully saturated rings. The first-order chi connectivity index (χ1) is 6.27. The van der Waals surface area contributed by atoms with E-state index in [1.54, 1.807) is 0 Å². The van der Waals surface area contributed by atoms with Crippen LogP contribution in [0.25, 0.3) is 0 Å². The summed E-state index contributed by atoms with van der Waals surface area (Å²) >= 11 is 2.26. The van der Waals surface area contributed by atoms with Crippen LogP contribution in [-0.2, 0) is 0 Å². The standard InChI is InChI=1S/C10H11IN2/c1-2-3-10(13-12)8-4-6-9(11)7-5-8/h1,4-7,10,13H,3,12H2. The zero-order chi connectivity index (χ0) is 9.68. The minimum absolute atomic E-state index is 0.0574. The van der Waals surface area contributed by atoms with Gasteiger partial charge >= 0.3 is 0 Å². The molecule has 1 atom stereocenters. The smallest absolute Gasteiger partial charge is 0.0569 e. The number of nitrogens with one attached hydrogen (secondary N) is 1. The summed E-state index contributed by atoms with van der Waals surface area (Å²) in [5, 5.41) is 0. The molecule has 68 valence electrons. The Kier molecular flexibility index (Phi) is 4.22. The molecule has 0 saturated carbocycles. The Balaban J connectivity index is 2.80. The first-order valence-corrected chi connectivity index (χ1v) is 5.01. The van der Waals surface area contributed by atoms with Gasteiger partial charge in [0.25, 0.3) is 0 Å². The molecule has 0 amide bonds. The third-order valence-corrected chi connectivity index (χ3v) is 2.51. The van der Waals surface area contributed by atoms with Gasteiger partial charge in [0.15, 0.2) is 0 Å². The predicted octanol–water partition coefficient (Wildman–Crippen LogP) is 1.82. The number of halogens is 1. The van der Waals surface area contributed by atoms with Crippen molar-refractivity contribution in [3.63, 3.8) is 0 Å². The van der Waals surface area contributed by atoms with E-state index in [0.717, 1.165) is 5.56 Å². The van der Waals surface area contributed by atoms with Gasteiger partial charge in [-0.25, -0.2) is 0 Å². The van der Waals surface area contributed by atoms with E-state index in [1.165, 1.54) is 3.57 Å². The minimum Gasteiger partial charge on any atom is -0.271 e. The number of hydrogen-bond acceptors (Lipinski definition) is 2. The van der Waals surface area contributed by atoms with Crippen molar-refractivity contribution >= 4 is 22.6 Å². The first-order valence-electron chi connectivity index (χ1n) is 3.93. The van der Waals surface area contributed by atoms with Gasteiger partial charge in [0.1, 0.15) is 0 Å². The fourth-order valence-electron chi connectivity index (χ4n) is 1.09. The van der Waals surface area contributed by atoms with Crippen LogP contribution in [0.1, 0.15) is 18.0 Å². The third kappa shape index (κ3) is 2.99. The summed E-state index contributed by atoms with van der Waals surface area (Å²) in [6.07, 6.45) is 5.83. The largest absolute Gasteiger partial charge is 0.271 e. The van der Waals surface area contributed by atoms with E-state index < -0.39 is 0 Å². The monoisotopic (exact) mass is 286 g/mol. The molecule has 0 aliphatic heterocycles. The maximum atomic E-state index is 5.38. The van der Waals surface area contributed by atoms with E-state index in [0.29, 0.717) is 6.42 Å². The molecule has 0 aromatic heterocycles. The van der Waals surface area contributed by atoms with Crippen LogP contribution in [0.15, 0.2) is 24.3 Å². The predicted molar refractivity (Wildman–Crippen MR) is 62.7 cm³/mol. The van der Waals surface area contributed by atoms with Gasteiger partial charge in [0.05, 0.1) is 6.04 Å². The van der Waals surface area contributed by atoms with E-state index >= 15 is 0 Å². The Morgan fingerprint density at radius 1 is 1.46 bits per heavy atom. The summed E-state index contributed by atoms with van der Waals surface area (Å²) < 4.78 is 1.21. The van der Waals surface area contributed by atoms with Crippen molar-refractivity contribution in [3.05, 3.63) is 33.4 Å². The van der Waals surface area contributed by atoms with E-state index in [4.69, 9.17) is 12.3 Å². The lowest BCUT2D eigenvalue weighted by molar-refractivity contribution is 0.568. The van der Waals surface area contributed by atoms with Crippen molar-refractivity contribution in [1.82, 2.24) is 5.43 Å². The Bertz CT molecular complexity index is 300. The maximum Gasteiger partial charge on any atom is 0.0569 e. The lowest BCUT2D eigenvalue weighted by atomic mass is 10.1. The number of rotatable bonds is 3. The quantitative estimate of drug-likeness (QED) is 0.385. The van der Waals surface area contributed by atoms with Crippen molar-refractivity contribution in [2.24, 2.45) is 5.84 Å². The highest BCUT2D eigenvalue weighted by molar-refractivity contribution is 14.1. The van der Waals surface area contributed by atoms with Gasteiger partial charge in [-0.1, -0.05) is 12.1 Å². The molecule has 2 nitrogen and oxygen atoms in total. The van der Waals surface area contributed by atoms with Gasteiger partial charge in [0.2, 0.25) is 0 Å². The van der Waals surface area contributed by atoms with Gasteiger partial charge in [-0.2, -0.15) is 0 Å². The highest BCUT2D eigenvalue weighted by atomic mass is 127. The second-order valence-electron chi connectivity index (χ2n) is 2.68. The molecule has 1 aromatic rings. The molecule has 0 bridgehead atoms. The second-order valence-corrected chi connectivity index (χ2v) is 3.92. The molecular weight excluding hydrogens is 275 g/mol. The molecule has 3 N–H and O–H groups in total. The lowest BCUT2D eigenvalue weighted by Gasteiger charge is -2.12. The molecule has 0 radical (unpaired) electrons. The minimum atomic E-state index is 0.0574. The number of hydrogen-bond donors (Lipinski definition) is 2. The normalized spacial score (nSPS) is 12.1. The van der Waals surface area contributed by atoms with Gasteiger partial charge in [-0.3, -0.25) is 11.3 Å². The van der Waals surface area contributed by atoms with Crippen LogP contribution in [0.3, 0.4) is 0 Å². The molecule has 3 heteroatoms. The zero-order valence-electron chi connectivity index (χ0n) is 7.13. The number of benzene rings is 1. The molecule has 0 aliphatic rings. The van der Waals surface area contributed by atoms with Crippen LogP contribution in [-0.4, -0.2) is 0 Å². The second kappa shape index (κ2) is 5.22. The van der Waals surface area contributed by atoms with Crippen molar-refractivity contribution in [1.29, 1.82) is 0 Å². The first kappa shape index (κ1) is 10.5. The molecule has 0 heterocycles. The van der Waals surface area contributed by atoms with E-state index in [9.17, 15) is 0 Å². The molecule has 0 saturated heterocycles. The summed E-state index contributed by atoms with van der Waals surface area (Å²) in [5.74, 6) is 7.97. The fourth-order valence-corrected chi connectivity index (χ4v) is 1.45. The van der Waals surface area contributed by atoms with Crippen LogP contribution >= 0.6 is 22.6 Å². The van der Waals surface area contributed by atoms with Crippen molar-refractivity contribution in [2.75, 3.05) is 0 Å². The Hall–Kier alpha value is -0.570. The summed E-state index contributed by atoms with van der Waals surface area (Å²) in [7, 11) is 0.